The number of fused-ring (bicyclic) bond motifs is 2. The molecule has 4 heterocycles. The highest BCUT2D eigenvalue weighted by molar-refractivity contribution is 8.39. The minimum absolute atomic E-state index is 0.340. The van der Waals surface area contributed by atoms with E-state index in [9.17, 15) is 9.59 Å². The summed E-state index contributed by atoms with van der Waals surface area (Å²) in [7, 11) is 1.96. The maximum Gasteiger partial charge on any atom is 0.259 e. The van der Waals surface area contributed by atoms with E-state index in [1.165, 1.54) is 4.38 Å². The van der Waals surface area contributed by atoms with E-state index >= 15 is 0 Å². The quantitative estimate of drug-likeness (QED) is 0.301. The summed E-state index contributed by atoms with van der Waals surface area (Å²) in [5.41, 5.74) is 4.57. The van der Waals surface area contributed by atoms with Gasteiger partial charge in [0.05, 0.1) is 17.7 Å². The Balaban J connectivity index is 1.42. The van der Waals surface area contributed by atoms with Crippen molar-refractivity contribution in [2.24, 2.45) is 12.0 Å². The first-order chi connectivity index (χ1) is 17.1. The second-order valence-corrected chi connectivity index (χ2v) is 11.1. The van der Waals surface area contributed by atoms with E-state index in [4.69, 9.17) is 0 Å². The zero-order valence-electron chi connectivity index (χ0n) is 19.3. The molecule has 0 aliphatic carbocycles. The number of thioether (sulfide) groups is 2. The normalized spacial score (nSPS) is 16.1. The first kappa shape index (κ1) is 22.2. The van der Waals surface area contributed by atoms with Gasteiger partial charge >= 0.3 is 0 Å². The van der Waals surface area contributed by atoms with Crippen LogP contribution in [0.2, 0.25) is 0 Å². The number of aryl methyl sites for hydroxylation is 2. The van der Waals surface area contributed by atoms with Crippen molar-refractivity contribution in [2.45, 2.75) is 13.0 Å². The Labute approximate surface area is 211 Å². The highest BCUT2D eigenvalue weighted by Gasteiger charge is 2.35. The number of amides is 2. The van der Waals surface area contributed by atoms with Crippen LogP contribution in [0.25, 0.3) is 33.0 Å². The Kier molecular flexibility index (Phi) is 5.78. The fourth-order valence-electron chi connectivity index (χ4n) is 4.94. The topological polar surface area (TPSA) is 68.4 Å². The molecular weight excluding hydrogens is 476 g/mol. The Bertz CT molecular complexity index is 1560. The van der Waals surface area contributed by atoms with Crippen LogP contribution in [-0.4, -0.2) is 43.4 Å². The number of benzene rings is 2. The molecule has 2 aliphatic heterocycles. The number of hydrogen-bond acceptors (Lipinski definition) is 5. The van der Waals surface area contributed by atoms with Crippen LogP contribution in [0.1, 0.15) is 17.5 Å². The summed E-state index contributed by atoms with van der Waals surface area (Å²) in [5, 5.41) is 4.50. The Hall–Kier alpha value is -3.23. The second-order valence-electron chi connectivity index (χ2n) is 8.66. The molecule has 0 radical (unpaired) electrons. The van der Waals surface area contributed by atoms with E-state index in [1.807, 2.05) is 90.0 Å². The average molecular weight is 501 g/mol. The van der Waals surface area contributed by atoms with Crippen LogP contribution in [0, 0.1) is 0 Å². The summed E-state index contributed by atoms with van der Waals surface area (Å²) in [6.45, 7) is 1.76. The number of aliphatic imine (C=N–C) groups is 1. The van der Waals surface area contributed by atoms with Crippen LogP contribution in [0.5, 0.6) is 0 Å². The van der Waals surface area contributed by atoms with Crippen LogP contribution < -0.4 is 5.32 Å². The number of hydrogen-bond donors (Lipinski definition) is 1. The fraction of sp³-hybridized carbons (Fsp3) is 0.222. The minimum atomic E-state index is -0.343. The van der Waals surface area contributed by atoms with Crippen molar-refractivity contribution in [2.75, 3.05) is 18.1 Å². The van der Waals surface area contributed by atoms with Gasteiger partial charge in [0, 0.05) is 70.4 Å². The molecule has 0 unspecified atom stereocenters. The average Bonchev–Trinajstić information content (AvgIpc) is 3.63. The number of imide groups is 1. The zero-order valence-corrected chi connectivity index (χ0v) is 20.9. The van der Waals surface area contributed by atoms with Crippen LogP contribution in [0.15, 0.2) is 65.9 Å². The number of nitrogens with one attached hydrogen (secondary N) is 1. The van der Waals surface area contributed by atoms with Gasteiger partial charge in [0.25, 0.3) is 11.8 Å². The minimum Gasteiger partial charge on any atom is -0.350 e. The lowest BCUT2D eigenvalue weighted by atomic mass is 9.95. The summed E-state index contributed by atoms with van der Waals surface area (Å²) in [6, 6.07) is 16.1. The van der Waals surface area contributed by atoms with Gasteiger partial charge in [-0.1, -0.05) is 59.9 Å². The number of rotatable bonds is 6. The Morgan fingerprint density at radius 1 is 0.943 bits per heavy atom. The summed E-state index contributed by atoms with van der Waals surface area (Å²) in [4.78, 5) is 30.7. The van der Waals surface area contributed by atoms with Crippen LogP contribution in [0.4, 0.5) is 0 Å². The Morgan fingerprint density at radius 3 is 2.31 bits per heavy atom. The van der Waals surface area contributed by atoms with Gasteiger partial charge in [-0.05, 0) is 18.6 Å². The zero-order chi connectivity index (χ0) is 23.9. The summed E-state index contributed by atoms with van der Waals surface area (Å²) in [6.07, 6.45) is 4.97. The van der Waals surface area contributed by atoms with Crippen molar-refractivity contribution in [3.63, 3.8) is 0 Å². The first-order valence-corrected chi connectivity index (χ1v) is 13.6. The third-order valence-corrected chi connectivity index (χ3v) is 8.82. The molecule has 0 atom stereocenters. The van der Waals surface area contributed by atoms with Gasteiger partial charge in [-0.25, -0.2) is 0 Å². The van der Waals surface area contributed by atoms with Gasteiger partial charge < -0.3 is 9.13 Å². The molecule has 2 aromatic heterocycles. The number of nitrogens with zero attached hydrogens (tertiary/aromatic N) is 3. The van der Waals surface area contributed by atoms with Crippen LogP contribution >= 0.6 is 23.5 Å². The molecule has 0 saturated heterocycles. The predicted octanol–water partition coefficient (Wildman–Crippen LogP) is 4.93. The van der Waals surface area contributed by atoms with E-state index in [0.29, 0.717) is 11.1 Å². The van der Waals surface area contributed by atoms with E-state index in [1.54, 1.807) is 0 Å². The van der Waals surface area contributed by atoms with E-state index < -0.39 is 0 Å². The molecule has 0 bridgehead atoms. The lowest BCUT2D eigenvalue weighted by Crippen LogP contribution is -2.22. The third-order valence-electron chi connectivity index (χ3n) is 6.48. The maximum atomic E-state index is 13.1. The van der Waals surface area contributed by atoms with Crippen molar-refractivity contribution in [3.05, 3.63) is 72.1 Å². The van der Waals surface area contributed by atoms with Gasteiger partial charge in [-0.15, -0.1) is 0 Å². The largest absolute Gasteiger partial charge is 0.350 e. The van der Waals surface area contributed by atoms with E-state index in [-0.39, 0.29) is 11.8 Å². The van der Waals surface area contributed by atoms with Gasteiger partial charge in [0.2, 0.25) is 0 Å². The fourth-order valence-corrected chi connectivity index (χ4v) is 6.94. The van der Waals surface area contributed by atoms with Crippen molar-refractivity contribution in [3.8, 4) is 0 Å². The van der Waals surface area contributed by atoms with Gasteiger partial charge in [-0.3, -0.25) is 19.9 Å². The number of aromatic nitrogens is 2. The second kappa shape index (κ2) is 9.09. The monoisotopic (exact) mass is 500 g/mol. The van der Waals surface area contributed by atoms with Crippen molar-refractivity contribution in [1.82, 2.24) is 14.5 Å². The highest BCUT2D eigenvalue weighted by atomic mass is 32.2. The van der Waals surface area contributed by atoms with Crippen molar-refractivity contribution < 1.29 is 9.59 Å². The summed E-state index contributed by atoms with van der Waals surface area (Å²) in [5.74, 6) is 1.40. The highest BCUT2D eigenvalue weighted by Crippen LogP contribution is 2.38. The molecule has 2 aromatic carbocycles. The lowest BCUT2D eigenvalue weighted by molar-refractivity contribution is -0.122. The first-order valence-electron chi connectivity index (χ1n) is 11.6. The molecule has 1 N–H and O–H groups in total. The summed E-state index contributed by atoms with van der Waals surface area (Å²) >= 11 is 3.66. The third kappa shape index (κ3) is 3.90. The maximum absolute atomic E-state index is 13.1. The molecule has 2 aliphatic rings. The van der Waals surface area contributed by atoms with Gasteiger partial charge in [0.1, 0.15) is 4.38 Å². The molecule has 35 heavy (non-hydrogen) atoms. The van der Waals surface area contributed by atoms with Crippen molar-refractivity contribution in [1.29, 1.82) is 0 Å². The Morgan fingerprint density at radius 2 is 1.60 bits per heavy atom. The van der Waals surface area contributed by atoms with Crippen LogP contribution in [-0.2, 0) is 23.2 Å². The molecule has 6 rings (SSSR count). The number of para-hydroxylation sites is 2. The molecule has 8 heteroatoms. The van der Waals surface area contributed by atoms with Gasteiger partial charge in [0.15, 0.2) is 0 Å². The molecule has 0 fully saturated rings. The number of carbonyl (C=O) groups is 2. The number of carbonyl (C=O) groups excluding carboxylic acids is 2. The summed E-state index contributed by atoms with van der Waals surface area (Å²) < 4.78 is 5.40. The molecule has 176 valence electrons. The van der Waals surface area contributed by atoms with Crippen LogP contribution in [0.3, 0.4) is 0 Å². The smallest absolute Gasteiger partial charge is 0.259 e. The molecule has 4 aromatic rings. The SMILES string of the molecule is Cn1cc(C2=C(c3cn(CCCSC4=NCCS4)c4ccccc34)C(=O)NC2=O)c2ccccc21. The lowest BCUT2D eigenvalue weighted by Gasteiger charge is -2.05. The van der Waals surface area contributed by atoms with Gasteiger partial charge in [-0.2, -0.15) is 0 Å². The van der Waals surface area contributed by atoms with Crippen molar-refractivity contribution >= 4 is 72.7 Å². The molecule has 2 amide bonds. The van der Waals surface area contributed by atoms with E-state index in [2.05, 4.69) is 20.9 Å². The molecule has 0 saturated carbocycles. The van der Waals surface area contributed by atoms with E-state index in [0.717, 1.165) is 63.9 Å². The molecule has 0 spiro atoms. The predicted molar refractivity (Wildman–Crippen MR) is 147 cm³/mol. The molecular formula is C27H24N4O2S2. The molecule has 6 nitrogen and oxygen atoms in total. The standard InChI is InChI=1S/C27H24N4O2S2/c1-30-15-19(17-7-2-4-9-21(17)30)23-24(26(33)29-25(23)32)20-16-31(22-10-5-3-8-18(20)22)12-6-13-34-27-28-11-14-35-27/h2-5,7-10,15-16H,6,11-14H2,1H3,(H,29,32,33).